The van der Waals surface area contributed by atoms with Crippen LogP contribution in [0.25, 0.3) is 0 Å². The van der Waals surface area contributed by atoms with Gasteiger partial charge in [-0.25, -0.2) is 9.59 Å². The summed E-state index contributed by atoms with van der Waals surface area (Å²) >= 11 is 0. The molecule has 1 heterocycles. The molecule has 0 aromatic heterocycles. The van der Waals surface area contributed by atoms with Crippen LogP contribution < -0.4 is 10.1 Å². The number of allylic oxidation sites excluding steroid dienone is 1. The van der Waals surface area contributed by atoms with Crippen molar-refractivity contribution in [2.45, 2.75) is 12.5 Å². The van der Waals surface area contributed by atoms with Gasteiger partial charge in [0.15, 0.2) is 0 Å². The van der Waals surface area contributed by atoms with Crippen LogP contribution in [0.4, 0.5) is 0 Å². The van der Waals surface area contributed by atoms with Gasteiger partial charge in [0.1, 0.15) is 18.5 Å². The van der Waals surface area contributed by atoms with Crippen LogP contribution in [0, 0.1) is 0 Å². The lowest BCUT2D eigenvalue weighted by molar-refractivity contribution is -0.159. The predicted molar refractivity (Wildman–Crippen MR) is 83.7 cm³/mol. The molecule has 2 rings (SSSR count). The number of hydrogen-bond donors (Lipinski definition) is 3. The molecule has 0 saturated carbocycles. The van der Waals surface area contributed by atoms with Crippen LogP contribution in [0.3, 0.4) is 0 Å². The molecule has 0 bridgehead atoms. The second-order valence-corrected chi connectivity index (χ2v) is 4.72. The summed E-state index contributed by atoms with van der Waals surface area (Å²) in [4.78, 5) is 18.2. The van der Waals surface area contributed by atoms with E-state index >= 15 is 0 Å². The summed E-state index contributed by atoms with van der Waals surface area (Å²) in [5.74, 6) is -2.72. The third-order valence-corrected chi connectivity index (χ3v) is 2.95. The summed E-state index contributed by atoms with van der Waals surface area (Å²) in [6.07, 6.45) is 2.88. The Kier molecular flexibility index (Phi) is 8.41. The minimum absolute atomic E-state index is 0.153. The van der Waals surface area contributed by atoms with Crippen LogP contribution in [0.1, 0.15) is 5.56 Å². The standard InChI is InChI=1S/C14H19NO2.C2H2O4/c1-2-5-12-6-3-4-7-14(12)17-11-13-10-15-8-9-16-13;3-1(4)2(5)6/h2-4,6-7,13,15H,1,5,8-11H2;(H,3,4)(H,5,6). The van der Waals surface area contributed by atoms with Crippen LogP contribution in [-0.2, 0) is 20.7 Å². The minimum atomic E-state index is -1.82. The number of hydrogen-bond acceptors (Lipinski definition) is 5. The van der Waals surface area contributed by atoms with E-state index in [1.54, 1.807) is 0 Å². The van der Waals surface area contributed by atoms with Crippen molar-refractivity contribution >= 4 is 11.9 Å². The Balaban J connectivity index is 0.000000379. The van der Waals surface area contributed by atoms with E-state index in [0.29, 0.717) is 6.61 Å². The normalized spacial score (nSPS) is 16.6. The van der Waals surface area contributed by atoms with E-state index in [4.69, 9.17) is 29.3 Å². The number of ether oxygens (including phenoxy) is 2. The number of carboxylic acids is 2. The second kappa shape index (κ2) is 10.4. The van der Waals surface area contributed by atoms with Gasteiger partial charge in [-0.2, -0.15) is 0 Å². The highest BCUT2D eigenvalue weighted by atomic mass is 16.5. The molecule has 1 fully saturated rings. The molecule has 1 aromatic carbocycles. The summed E-state index contributed by atoms with van der Waals surface area (Å²) < 4.78 is 11.4. The Bertz CT molecular complexity index is 513. The molecule has 7 heteroatoms. The number of nitrogens with one attached hydrogen (secondary N) is 1. The van der Waals surface area contributed by atoms with Crippen LogP contribution in [0.2, 0.25) is 0 Å². The SMILES string of the molecule is C=CCc1ccccc1OCC1CNCCO1.O=C(O)C(=O)O. The topological polar surface area (TPSA) is 105 Å². The summed E-state index contributed by atoms with van der Waals surface area (Å²) in [6.45, 7) is 6.92. The predicted octanol–water partition coefficient (Wildman–Crippen LogP) is 0.938. The lowest BCUT2D eigenvalue weighted by atomic mass is 10.1. The average molecular weight is 323 g/mol. The van der Waals surface area contributed by atoms with E-state index in [2.05, 4.69) is 18.0 Å². The summed E-state index contributed by atoms with van der Waals surface area (Å²) in [7, 11) is 0. The Morgan fingerprint density at radius 1 is 1.35 bits per heavy atom. The zero-order valence-electron chi connectivity index (χ0n) is 12.7. The number of para-hydroxylation sites is 1. The molecule has 126 valence electrons. The molecule has 0 amide bonds. The van der Waals surface area contributed by atoms with Gasteiger partial charge < -0.3 is 25.0 Å². The zero-order valence-corrected chi connectivity index (χ0v) is 12.7. The Hall–Kier alpha value is -2.38. The number of rotatable bonds is 5. The molecule has 1 aliphatic rings. The minimum Gasteiger partial charge on any atom is -0.491 e. The van der Waals surface area contributed by atoms with Gasteiger partial charge >= 0.3 is 11.9 Å². The molecule has 3 N–H and O–H groups in total. The maximum absolute atomic E-state index is 9.10. The molecule has 7 nitrogen and oxygen atoms in total. The maximum atomic E-state index is 9.10. The van der Waals surface area contributed by atoms with Crippen molar-refractivity contribution in [1.82, 2.24) is 5.32 Å². The van der Waals surface area contributed by atoms with Crippen molar-refractivity contribution in [3.05, 3.63) is 42.5 Å². The van der Waals surface area contributed by atoms with Crippen molar-refractivity contribution < 1.29 is 29.3 Å². The Morgan fingerprint density at radius 3 is 2.61 bits per heavy atom. The highest BCUT2D eigenvalue weighted by Crippen LogP contribution is 2.19. The average Bonchev–Trinajstić information content (AvgIpc) is 2.56. The third-order valence-electron chi connectivity index (χ3n) is 2.95. The van der Waals surface area contributed by atoms with Crippen LogP contribution >= 0.6 is 0 Å². The lowest BCUT2D eigenvalue weighted by Gasteiger charge is -2.24. The van der Waals surface area contributed by atoms with Crippen molar-refractivity contribution in [2.24, 2.45) is 0 Å². The maximum Gasteiger partial charge on any atom is 0.414 e. The highest BCUT2D eigenvalue weighted by molar-refractivity contribution is 6.27. The molecule has 0 spiro atoms. The third kappa shape index (κ3) is 7.44. The van der Waals surface area contributed by atoms with Gasteiger partial charge in [-0.05, 0) is 18.1 Å². The summed E-state index contributed by atoms with van der Waals surface area (Å²) in [5.41, 5.74) is 1.17. The van der Waals surface area contributed by atoms with E-state index in [9.17, 15) is 0 Å². The number of morpholine rings is 1. The van der Waals surface area contributed by atoms with E-state index in [1.165, 1.54) is 5.56 Å². The number of benzene rings is 1. The van der Waals surface area contributed by atoms with Crippen LogP contribution in [-0.4, -0.2) is 54.6 Å². The van der Waals surface area contributed by atoms with Crippen LogP contribution in [0.15, 0.2) is 36.9 Å². The molecular weight excluding hydrogens is 302 g/mol. The van der Waals surface area contributed by atoms with Gasteiger partial charge in [-0.1, -0.05) is 24.3 Å². The second-order valence-electron chi connectivity index (χ2n) is 4.72. The highest BCUT2D eigenvalue weighted by Gasteiger charge is 2.14. The fraction of sp³-hybridized carbons (Fsp3) is 0.375. The van der Waals surface area contributed by atoms with E-state index in [0.717, 1.165) is 31.9 Å². The monoisotopic (exact) mass is 323 g/mol. The molecule has 0 radical (unpaired) electrons. The molecule has 0 aliphatic carbocycles. The lowest BCUT2D eigenvalue weighted by Crippen LogP contribution is -2.41. The number of carboxylic acid groups (broad SMARTS) is 2. The zero-order chi connectivity index (χ0) is 17.1. The van der Waals surface area contributed by atoms with Crippen molar-refractivity contribution in [3.8, 4) is 5.75 Å². The quantitative estimate of drug-likeness (QED) is 0.547. The van der Waals surface area contributed by atoms with E-state index in [1.807, 2.05) is 24.3 Å². The molecule has 1 aromatic rings. The molecule has 1 atom stereocenters. The van der Waals surface area contributed by atoms with Crippen molar-refractivity contribution in [1.29, 1.82) is 0 Å². The molecule has 23 heavy (non-hydrogen) atoms. The van der Waals surface area contributed by atoms with Gasteiger partial charge in [0.05, 0.1) is 6.61 Å². The van der Waals surface area contributed by atoms with Gasteiger partial charge in [-0.3, -0.25) is 0 Å². The van der Waals surface area contributed by atoms with Crippen molar-refractivity contribution in [2.75, 3.05) is 26.3 Å². The number of carbonyl (C=O) groups is 2. The van der Waals surface area contributed by atoms with Gasteiger partial charge in [-0.15, -0.1) is 6.58 Å². The first-order valence-electron chi connectivity index (χ1n) is 7.14. The Morgan fingerprint density at radius 2 is 2.04 bits per heavy atom. The van der Waals surface area contributed by atoms with Gasteiger partial charge in [0.2, 0.25) is 0 Å². The van der Waals surface area contributed by atoms with Crippen LogP contribution in [0.5, 0.6) is 5.75 Å². The molecule has 1 unspecified atom stereocenters. The smallest absolute Gasteiger partial charge is 0.414 e. The molecule has 1 aliphatic heterocycles. The first kappa shape index (κ1) is 18.7. The van der Waals surface area contributed by atoms with Gasteiger partial charge in [0, 0.05) is 13.1 Å². The first-order chi connectivity index (χ1) is 11.0. The van der Waals surface area contributed by atoms with E-state index < -0.39 is 11.9 Å². The first-order valence-corrected chi connectivity index (χ1v) is 7.14. The van der Waals surface area contributed by atoms with Crippen molar-refractivity contribution in [3.63, 3.8) is 0 Å². The Labute approximate surface area is 134 Å². The summed E-state index contributed by atoms with van der Waals surface area (Å²) in [6, 6.07) is 8.07. The number of aliphatic carboxylic acids is 2. The fourth-order valence-electron chi connectivity index (χ4n) is 1.88. The summed E-state index contributed by atoms with van der Waals surface area (Å²) in [5, 5.41) is 18.1. The molecule has 1 saturated heterocycles. The van der Waals surface area contributed by atoms with Gasteiger partial charge in [0.25, 0.3) is 0 Å². The molecular formula is C16H21NO6. The largest absolute Gasteiger partial charge is 0.491 e. The fourth-order valence-corrected chi connectivity index (χ4v) is 1.88. The van der Waals surface area contributed by atoms with E-state index in [-0.39, 0.29) is 6.10 Å².